The van der Waals surface area contributed by atoms with Crippen molar-refractivity contribution >= 4 is 17.3 Å². The molecular weight excluding hydrogens is 495 g/mol. The number of benzene rings is 2. The first-order valence-corrected chi connectivity index (χ1v) is 11.6. The molecule has 0 spiro atoms. The fraction of sp³-hybridized carbons (Fsp3) is 0.346. The van der Waals surface area contributed by atoms with Crippen LogP contribution in [-0.2, 0) is 16.1 Å². The molecule has 6 nitrogen and oxygen atoms in total. The number of ether oxygens (including phenoxy) is 1. The van der Waals surface area contributed by atoms with Crippen LogP contribution in [0.3, 0.4) is 0 Å². The van der Waals surface area contributed by atoms with Crippen molar-refractivity contribution < 1.29 is 31.5 Å². The molecule has 3 N–H and O–H groups in total. The summed E-state index contributed by atoms with van der Waals surface area (Å²) in [5.41, 5.74) is 3.45. The highest BCUT2D eigenvalue weighted by molar-refractivity contribution is 5.85. The van der Waals surface area contributed by atoms with E-state index >= 15 is 0 Å². The molecule has 1 amide bonds. The molecule has 0 aliphatic carbocycles. The van der Waals surface area contributed by atoms with Crippen molar-refractivity contribution in [1.29, 1.82) is 0 Å². The average molecular weight is 523 g/mol. The van der Waals surface area contributed by atoms with Gasteiger partial charge in [-0.15, -0.1) is 0 Å². The van der Waals surface area contributed by atoms with Gasteiger partial charge in [0.25, 0.3) is 0 Å². The van der Waals surface area contributed by atoms with Crippen LogP contribution in [0, 0.1) is 17.6 Å². The van der Waals surface area contributed by atoms with E-state index in [9.17, 15) is 26.7 Å². The van der Waals surface area contributed by atoms with Gasteiger partial charge in [-0.2, -0.15) is 13.2 Å². The van der Waals surface area contributed by atoms with E-state index in [1.54, 1.807) is 19.1 Å². The molecule has 2 aromatic carbocycles. The van der Waals surface area contributed by atoms with Crippen LogP contribution >= 0.6 is 0 Å². The smallest absolute Gasteiger partial charge is 0.388 e. The van der Waals surface area contributed by atoms with Gasteiger partial charge in [0, 0.05) is 17.8 Å². The van der Waals surface area contributed by atoms with Gasteiger partial charge in [-0.3, -0.25) is 9.80 Å². The van der Waals surface area contributed by atoms with Crippen LogP contribution in [0.4, 0.5) is 27.6 Å². The minimum absolute atomic E-state index is 0.107. The summed E-state index contributed by atoms with van der Waals surface area (Å²) in [6.45, 7) is 6.30. The lowest BCUT2D eigenvalue weighted by Gasteiger charge is -2.30. The van der Waals surface area contributed by atoms with E-state index in [-0.39, 0.29) is 28.6 Å². The molecule has 4 rings (SSSR count). The average Bonchev–Trinajstić information content (AvgIpc) is 3.40. The molecule has 1 fully saturated rings. The molecule has 0 bridgehead atoms. The molecular formula is C26H27F5N4O2. The molecule has 3 atom stereocenters. The summed E-state index contributed by atoms with van der Waals surface area (Å²) < 4.78 is 72.8. The van der Waals surface area contributed by atoms with Crippen molar-refractivity contribution in [3.05, 3.63) is 83.6 Å². The number of hydrogen-bond donors (Lipinski definition) is 3. The second-order valence-corrected chi connectivity index (χ2v) is 9.35. The van der Waals surface area contributed by atoms with Gasteiger partial charge in [0.15, 0.2) is 6.10 Å². The van der Waals surface area contributed by atoms with E-state index in [0.29, 0.717) is 18.7 Å². The Morgan fingerprint density at radius 3 is 2.65 bits per heavy atom. The van der Waals surface area contributed by atoms with Gasteiger partial charge in [0.1, 0.15) is 17.3 Å². The lowest BCUT2D eigenvalue weighted by molar-refractivity contribution is -0.217. The Morgan fingerprint density at radius 2 is 2.00 bits per heavy atom. The van der Waals surface area contributed by atoms with Crippen LogP contribution in [0.15, 0.2) is 60.8 Å². The zero-order chi connectivity index (χ0) is 27.0. The first kappa shape index (κ1) is 26.6. The number of rotatable bonds is 7. The first-order chi connectivity index (χ1) is 17.3. The molecule has 11 heteroatoms. The summed E-state index contributed by atoms with van der Waals surface area (Å²) >= 11 is 0. The molecule has 2 heterocycles. The maximum absolute atomic E-state index is 14.8. The van der Waals surface area contributed by atoms with Crippen LogP contribution in [-0.4, -0.2) is 30.4 Å². The SMILES string of the molecule is C=C1C[C@H](C(=O)NC2(C)C=C(c3cc(F)cc(CO[C@H](C)C(F)(F)F)c3)N(c3ccccc3F)N2)CN1. The van der Waals surface area contributed by atoms with E-state index in [4.69, 9.17) is 4.74 Å². The quantitative estimate of drug-likeness (QED) is 0.458. The van der Waals surface area contributed by atoms with Crippen molar-refractivity contribution in [3.63, 3.8) is 0 Å². The van der Waals surface area contributed by atoms with Crippen LogP contribution in [0.5, 0.6) is 0 Å². The second kappa shape index (κ2) is 10.1. The zero-order valence-electron chi connectivity index (χ0n) is 20.3. The van der Waals surface area contributed by atoms with Crippen LogP contribution in [0.1, 0.15) is 31.4 Å². The number of nitrogens with zero attached hydrogens (tertiary/aromatic N) is 1. The molecule has 2 aromatic rings. The first-order valence-electron chi connectivity index (χ1n) is 11.6. The number of nitrogens with one attached hydrogen (secondary N) is 3. The van der Waals surface area contributed by atoms with Gasteiger partial charge in [-0.25, -0.2) is 14.2 Å². The van der Waals surface area contributed by atoms with Gasteiger partial charge in [0.2, 0.25) is 5.91 Å². The standard InChI is InChI=1S/C26H27F5N4O2/c1-15-8-19(13-32-15)24(36)33-25(3)12-23(35(34-25)22-7-5-4-6-21(22)28)18-9-17(10-20(27)11-18)14-37-16(2)26(29,30)31/h4-7,9-12,16,19,32,34H,1,8,13-14H2,2-3H3,(H,33,36)/t16-,19+,25?/m1/s1. The monoisotopic (exact) mass is 522 g/mol. The van der Waals surface area contributed by atoms with E-state index < -0.39 is 36.2 Å². The van der Waals surface area contributed by atoms with Crippen LogP contribution in [0.25, 0.3) is 5.70 Å². The molecule has 2 aliphatic rings. The summed E-state index contributed by atoms with van der Waals surface area (Å²) in [4.78, 5) is 12.9. The Bertz CT molecular complexity index is 1230. The Hall–Kier alpha value is -3.44. The summed E-state index contributed by atoms with van der Waals surface area (Å²) in [6.07, 6.45) is -4.52. The predicted octanol–water partition coefficient (Wildman–Crippen LogP) is 4.75. The normalized spacial score (nSPS) is 22.6. The van der Waals surface area contributed by atoms with E-state index in [1.165, 1.54) is 35.3 Å². The van der Waals surface area contributed by atoms with Crippen LogP contribution < -0.4 is 21.1 Å². The van der Waals surface area contributed by atoms with Crippen molar-refractivity contribution in [2.24, 2.45) is 5.92 Å². The fourth-order valence-electron chi connectivity index (χ4n) is 4.21. The molecule has 198 valence electrons. The van der Waals surface area contributed by atoms with Gasteiger partial charge >= 0.3 is 6.18 Å². The number of hydrogen-bond acceptors (Lipinski definition) is 5. The maximum Gasteiger partial charge on any atom is 0.414 e. The highest BCUT2D eigenvalue weighted by Crippen LogP contribution is 2.35. The minimum atomic E-state index is -4.56. The van der Waals surface area contributed by atoms with Crippen molar-refractivity contribution in [2.75, 3.05) is 11.6 Å². The van der Waals surface area contributed by atoms with Crippen molar-refractivity contribution in [3.8, 4) is 0 Å². The van der Waals surface area contributed by atoms with Gasteiger partial charge in [-0.05, 0) is 62.2 Å². The fourth-order valence-corrected chi connectivity index (χ4v) is 4.21. The lowest BCUT2D eigenvalue weighted by atomic mass is 10.0. The summed E-state index contributed by atoms with van der Waals surface area (Å²) in [7, 11) is 0. The van der Waals surface area contributed by atoms with Crippen molar-refractivity contribution in [2.45, 2.75) is 44.8 Å². The number of anilines is 1. The number of carbonyl (C=O) groups excluding carboxylic acids is 1. The molecule has 0 radical (unpaired) electrons. The predicted molar refractivity (Wildman–Crippen MR) is 128 cm³/mol. The van der Waals surface area contributed by atoms with Crippen molar-refractivity contribution in [1.82, 2.24) is 16.1 Å². The summed E-state index contributed by atoms with van der Waals surface area (Å²) in [6, 6.07) is 9.60. The Balaban J connectivity index is 1.67. The molecule has 2 aliphatic heterocycles. The number of amides is 1. The molecule has 0 saturated carbocycles. The maximum atomic E-state index is 14.8. The highest BCUT2D eigenvalue weighted by Gasteiger charge is 2.39. The molecule has 0 aromatic heterocycles. The van der Waals surface area contributed by atoms with Gasteiger partial charge in [0.05, 0.1) is 23.9 Å². The Morgan fingerprint density at radius 1 is 1.27 bits per heavy atom. The number of carbonyl (C=O) groups is 1. The zero-order valence-corrected chi connectivity index (χ0v) is 20.3. The Kier molecular flexibility index (Phi) is 7.29. The van der Waals surface area contributed by atoms with E-state index in [2.05, 4.69) is 22.6 Å². The molecule has 1 saturated heterocycles. The minimum Gasteiger partial charge on any atom is -0.388 e. The Labute approximate surface area is 211 Å². The van der Waals surface area contributed by atoms with E-state index in [1.807, 2.05) is 0 Å². The number of para-hydroxylation sites is 1. The third kappa shape index (κ3) is 6.11. The number of alkyl halides is 3. The number of allylic oxidation sites excluding steroid dienone is 1. The third-order valence-corrected chi connectivity index (χ3v) is 6.16. The summed E-state index contributed by atoms with van der Waals surface area (Å²) in [5.74, 6) is -1.90. The van der Waals surface area contributed by atoms with Gasteiger partial charge in [-0.1, -0.05) is 18.7 Å². The third-order valence-electron chi connectivity index (χ3n) is 6.16. The van der Waals surface area contributed by atoms with Gasteiger partial charge < -0.3 is 15.4 Å². The van der Waals surface area contributed by atoms with Crippen LogP contribution in [0.2, 0.25) is 0 Å². The number of halogens is 5. The largest absolute Gasteiger partial charge is 0.414 e. The topological polar surface area (TPSA) is 65.6 Å². The highest BCUT2D eigenvalue weighted by atomic mass is 19.4. The number of hydrazine groups is 1. The molecule has 1 unspecified atom stereocenters. The summed E-state index contributed by atoms with van der Waals surface area (Å²) in [5, 5.41) is 7.31. The lowest BCUT2D eigenvalue weighted by Crippen LogP contribution is -2.58. The van der Waals surface area contributed by atoms with E-state index in [0.717, 1.165) is 18.7 Å². The molecule has 37 heavy (non-hydrogen) atoms. The second-order valence-electron chi connectivity index (χ2n) is 9.35.